The summed E-state index contributed by atoms with van der Waals surface area (Å²) < 4.78 is 4.01. The average molecular weight is 957 g/mol. The standard InChI is InChI=1S/C51H64N12O5S/c1-9-24-53-49(69)61-26-28-63-37(31-61)39(44(64)58-40(46(66)52-8)50(2,3)4)57-43(63)34-22-20-32(21-23-34)29-54-47(67)41(51(5,6)7)59-45(65)38-36-30-60(48(68)55-35-18-14-11-15-19-35)25-27-62(36)42(56-38)33-16-12-10-13-17-33/h10-23,40-41H,9,24-31H2,1-8H3,(H,52,66)(H,53,69)(H,54,67)(H,55,68)(H,58,64)(H,59,65)/t40-,41-/m1/s1. The molecule has 0 aliphatic carbocycles. The smallest absolute Gasteiger partial charge is 0.322 e. The number of carbonyl (C=O) groups excluding carboxylic acids is 5. The number of fused-ring (bicyclic) bond motifs is 2. The molecule has 2 aliphatic rings. The summed E-state index contributed by atoms with van der Waals surface area (Å²) in [5.74, 6) is -0.457. The number of anilines is 1. The van der Waals surface area contributed by atoms with E-state index in [4.69, 9.17) is 22.2 Å². The van der Waals surface area contributed by atoms with E-state index in [1.54, 1.807) is 11.9 Å². The zero-order chi connectivity index (χ0) is 49.6. The number of imidazole rings is 2. The number of hydrogen-bond acceptors (Lipinski definition) is 8. The summed E-state index contributed by atoms with van der Waals surface area (Å²) in [6, 6.07) is 24.3. The van der Waals surface area contributed by atoms with E-state index in [1.807, 2.05) is 141 Å². The molecule has 17 nitrogen and oxygen atoms in total. The fraction of sp³-hybridized carbons (Fsp3) is 0.412. The number of carbonyl (C=O) groups is 5. The van der Waals surface area contributed by atoms with Crippen LogP contribution in [0.25, 0.3) is 22.8 Å². The molecular weight excluding hydrogens is 893 g/mol. The van der Waals surface area contributed by atoms with E-state index in [0.29, 0.717) is 66.6 Å². The van der Waals surface area contributed by atoms with Gasteiger partial charge in [0, 0.05) is 63.1 Å². The minimum atomic E-state index is -0.949. The zero-order valence-corrected chi connectivity index (χ0v) is 41.6. The summed E-state index contributed by atoms with van der Waals surface area (Å²) in [5, 5.41) is 18.5. The predicted octanol–water partition coefficient (Wildman–Crippen LogP) is 5.91. The number of nitrogens with zero attached hydrogens (tertiary/aromatic N) is 6. The second-order valence-corrected chi connectivity index (χ2v) is 20.0. The van der Waals surface area contributed by atoms with Crippen molar-refractivity contribution in [1.29, 1.82) is 0 Å². The van der Waals surface area contributed by atoms with Crippen LogP contribution in [0, 0.1) is 10.8 Å². The van der Waals surface area contributed by atoms with Crippen LogP contribution in [0.2, 0.25) is 0 Å². The van der Waals surface area contributed by atoms with Crippen LogP contribution in [0.1, 0.15) is 92.8 Å². The van der Waals surface area contributed by atoms with Crippen molar-refractivity contribution in [1.82, 2.24) is 55.5 Å². The highest BCUT2D eigenvalue weighted by Gasteiger charge is 2.38. The third-order valence-corrected chi connectivity index (χ3v) is 12.7. The largest absolute Gasteiger partial charge is 0.363 e. The van der Waals surface area contributed by atoms with Gasteiger partial charge in [-0.05, 0) is 47.2 Å². The maximum Gasteiger partial charge on any atom is 0.322 e. The van der Waals surface area contributed by atoms with Crippen molar-refractivity contribution in [3.63, 3.8) is 0 Å². The second kappa shape index (κ2) is 21.1. The molecule has 6 amide bonds. The summed E-state index contributed by atoms with van der Waals surface area (Å²) in [6.45, 7) is 16.7. The number of aromatic nitrogens is 4. The molecule has 2 aromatic heterocycles. The highest BCUT2D eigenvalue weighted by Crippen LogP contribution is 2.30. The minimum Gasteiger partial charge on any atom is -0.363 e. The van der Waals surface area contributed by atoms with Crippen LogP contribution in [-0.4, -0.2) is 102 Å². The maximum absolute atomic E-state index is 14.4. The first kappa shape index (κ1) is 49.8. The summed E-state index contributed by atoms with van der Waals surface area (Å²) in [6.07, 6.45) is 0.910. The molecule has 7 rings (SSSR count). The van der Waals surface area contributed by atoms with Crippen LogP contribution in [0.3, 0.4) is 0 Å². The lowest BCUT2D eigenvalue weighted by atomic mass is 9.86. The van der Waals surface area contributed by atoms with E-state index in [9.17, 15) is 24.0 Å². The van der Waals surface area contributed by atoms with Crippen LogP contribution in [0.15, 0.2) is 84.9 Å². The number of nitrogens with one attached hydrogen (secondary N) is 6. The summed E-state index contributed by atoms with van der Waals surface area (Å²) in [7, 11) is 1.54. The maximum atomic E-state index is 14.4. The van der Waals surface area contributed by atoms with E-state index >= 15 is 0 Å². The lowest BCUT2D eigenvalue weighted by Gasteiger charge is -2.32. The molecule has 0 spiro atoms. The van der Waals surface area contributed by atoms with E-state index < -0.39 is 34.7 Å². The molecule has 6 N–H and O–H groups in total. The van der Waals surface area contributed by atoms with Crippen molar-refractivity contribution in [2.75, 3.05) is 32.0 Å². The normalized spacial score (nSPS) is 14.4. The van der Waals surface area contributed by atoms with Crippen molar-refractivity contribution < 1.29 is 24.0 Å². The Bertz CT molecular complexity index is 2690. The molecular formula is C51H64N12O5S. The third kappa shape index (κ3) is 11.4. The molecule has 364 valence electrons. The number of amides is 6. The molecule has 0 radical (unpaired) electrons. The molecule has 0 fully saturated rings. The molecule has 18 heteroatoms. The van der Waals surface area contributed by atoms with Gasteiger partial charge in [-0.15, -0.1) is 0 Å². The molecule has 0 unspecified atom stereocenters. The number of benzene rings is 3. The molecule has 3 aromatic carbocycles. The quantitative estimate of drug-likeness (QED) is 0.0772. The summed E-state index contributed by atoms with van der Waals surface area (Å²) >= 11 is 5.71. The van der Waals surface area contributed by atoms with Gasteiger partial charge >= 0.3 is 6.03 Å². The lowest BCUT2D eigenvalue weighted by Crippen LogP contribution is -2.53. The number of likely N-dealkylation sites (N-methyl/N-ethyl adjacent to an activating group) is 1. The van der Waals surface area contributed by atoms with Crippen LogP contribution in [0.4, 0.5) is 10.5 Å². The fourth-order valence-electron chi connectivity index (χ4n) is 8.50. The second-order valence-electron chi connectivity index (χ2n) is 19.6. The SMILES string of the molecule is CCCNC(=S)N1CCn2c(-c3ccc(CNC(=O)[C@@H](NC(=O)c4nc(-c5ccccc5)n5c4CN(C(=O)Nc4ccccc4)CC5)C(C)(C)C)cc3)nc(C(=O)N[C@H](C(=O)NC)C(C)(C)C)c2C1. The molecule has 2 aliphatic heterocycles. The first-order valence-electron chi connectivity index (χ1n) is 23.5. The molecule has 2 atom stereocenters. The van der Waals surface area contributed by atoms with Gasteiger partial charge in [-0.25, -0.2) is 14.8 Å². The Morgan fingerprint density at radius 1 is 0.638 bits per heavy atom. The molecule has 69 heavy (non-hydrogen) atoms. The Morgan fingerprint density at radius 2 is 1.13 bits per heavy atom. The molecule has 0 bridgehead atoms. The zero-order valence-electron chi connectivity index (χ0n) is 40.7. The Balaban J connectivity index is 1.08. The number of urea groups is 1. The van der Waals surface area contributed by atoms with Crippen molar-refractivity contribution in [3.05, 3.63) is 113 Å². The van der Waals surface area contributed by atoms with Gasteiger partial charge in [0.2, 0.25) is 11.8 Å². The number of thiocarbonyl (C=S) groups is 1. The highest BCUT2D eigenvalue weighted by molar-refractivity contribution is 7.80. The van der Waals surface area contributed by atoms with Crippen molar-refractivity contribution in [2.45, 2.75) is 99.7 Å². The van der Waals surface area contributed by atoms with Crippen LogP contribution in [0.5, 0.6) is 0 Å². The van der Waals surface area contributed by atoms with Gasteiger partial charge in [0.05, 0.1) is 24.5 Å². The Morgan fingerprint density at radius 3 is 1.65 bits per heavy atom. The predicted molar refractivity (Wildman–Crippen MR) is 270 cm³/mol. The molecule has 5 aromatic rings. The topological polar surface area (TPSA) is 200 Å². The number of para-hydroxylation sites is 1. The highest BCUT2D eigenvalue weighted by atomic mass is 32.1. The molecule has 0 saturated heterocycles. The van der Waals surface area contributed by atoms with E-state index in [1.165, 1.54) is 0 Å². The Kier molecular flexibility index (Phi) is 15.2. The van der Waals surface area contributed by atoms with Gasteiger partial charge in [-0.2, -0.15) is 0 Å². The minimum absolute atomic E-state index is 0.137. The van der Waals surface area contributed by atoms with Crippen molar-refractivity contribution in [2.24, 2.45) is 10.8 Å². The van der Waals surface area contributed by atoms with Gasteiger partial charge < -0.3 is 50.8 Å². The van der Waals surface area contributed by atoms with E-state index in [-0.39, 0.29) is 42.3 Å². The average Bonchev–Trinajstić information content (AvgIpc) is 3.92. The van der Waals surface area contributed by atoms with Crippen LogP contribution >= 0.6 is 12.2 Å². The van der Waals surface area contributed by atoms with E-state index in [0.717, 1.165) is 29.7 Å². The monoisotopic (exact) mass is 956 g/mol. The van der Waals surface area contributed by atoms with Gasteiger partial charge in [-0.1, -0.05) is 121 Å². The summed E-state index contributed by atoms with van der Waals surface area (Å²) in [4.78, 5) is 82.3. The van der Waals surface area contributed by atoms with Crippen LogP contribution in [-0.2, 0) is 42.3 Å². The van der Waals surface area contributed by atoms with Gasteiger partial charge in [0.1, 0.15) is 23.7 Å². The lowest BCUT2D eigenvalue weighted by molar-refractivity contribution is -0.126. The van der Waals surface area contributed by atoms with Crippen molar-refractivity contribution >= 4 is 52.7 Å². The van der Waals surface area contributed by atoms with Crippen molar-refractivity contribution in [3.8, 4) is 22.8 Å². The number of rotatable bonds is 13. The molecule has 0 saturated carbocycles. The molecule has 4 heterocycles. The Labute approximate surface area is 409 Å². The Hall–Kier alpha value is -7.08. The first-order valence-corrected chi connectivity index (χ1v) is 23.9. The van der Waals surface area contributed by atoms with E-state index in [2.05, 4.69) is 38.8 Å². The van der Waals surface area contributed by atoms with Crippen LogP contribution < -0.4 is 31.9 Å². The van der Waals surface area contributed by atoms with Gasteiger partial charge in [0.25, 0.3) is 11.8 Å². The van der Waals surface area contributed by atoms with Gasteiger partial charge in [0.15, 0.2) is 16.5 Å². The third-order valence-electron chi connectivity index (χ3n) is 12.3. The summed E-state index contributed by atoms with van der Waals surface area (Å²) in [5.41, 5.74) is 3.41. The fourth-order valence-corrected chi connectivity index (χ4v) is 8.76. The number of hydrogen-bond donors (Lipinski definition) is 6. The first-order chi connectivity index (χ1) is 32.9. The van der Waals surface area contributed by atoms with Gasteiger partial charge in [-0.3, -0.25) is 19.2 Å².